The van der Waals surface area contributed by atoms with E-state index in [0.29, 0.717) is 11.8 Å². The lowest BCUT2D eigenvalue weighted by atomic mass is 10.0. The maximum absolute atomic E-state index is 11.8. The maximum atomic E-state index is 11.8. The summed E-state index contributed by atoms with van der Waals surface area (Å²) in [6, 6.07) is 0.0483. The number of hydrogen-bond donors (Lipinski definition) is 2. The second-order valence-electron chi connectivity index (χ2n) is 5.16. The first-order valence-corrected chi connectivity index (χ1v) is 7.76. The molecule has 0 aromatic carbocycles. The van der Waals surface area contributed by atoms with Gasteiger partial charge in [0.15, 0.2) is 0 Å². The summed E-state index contributed by atoms with van der Waals surface area (Å²) in [6.07, 6.45) is 1.79. The van der Waals surface area contributed by atoms with Crippen LogP contribution in [-0.4, -0.2) is 33.3 Å². The molecule has 96 valence electrons. The van der Waals surface area contributed by atoms with Crippen molar-refractivity contribution < 1.29 is 8.42 Å². The minimum atomic E-state index is -3.09. The molecule has 2 N–H and O–H groups in total. The number of hydrogen-bond acceptors (Lipinski definition) is 3. The summed E-state index contributed by atoms with van der Waals surface area (Å²) in [5, 5.41) is 3.25. The van der Waals surface area contributed by atoms with Gasteiger partial charge in [0.1, 0.15) is 0 Å². The second-order valence-corrected chi connectivity index (χ2v) is 7.03. The minimum absolute atomic E-state index is 0.0483. The predicted octanol–water partition coefficient (Wildman–Crippen LogP) is 0.950. The lowest BCUT2D eigenvalue weighted by Crippen LogP contribution is -2.40. The highest BCUT2D eigenvalue weighted by Gasteiger charge is 2.24. The quantitative estimate of drug-likeness (QED) is 0.736. The first-order valence-electron chi connectivity index (χ1n) is 6.11. The Kier molecular flexibility index (Phi) is 5.21. The van der Waals surface area contributed by atoms with Crippen LogP contribution in [0.2, 0.25) is 0 Å². The van der Waals surface area contributed by atoms with Crippen LogP contribution in [0.15, 0.2) is 0 Å². The topological polar surface area (TPSA) is 58.2 Å². The minimum Gasteiger partial charge on any atom is -0.316 e. The fraction of sp³-hybridized carbons (Fsp3) is 1.00. The molecule has 1 aliphatic heterocycles. The molecule has 1 heterocycles. The predicted molar refractivity (Wildman–Crippen MR) is 66.8 cm³/mol. The summed E-state index contributed by atoms with van der Waals surface area (Å²) in [5.74, 6) is 1.11. The van der Waals surface area contributed by atoms with E-state index in [1.165, 1.54) is 0 Å². The van der Waals surface area contributed by atoms with Gasteiger partial charge in [0, 0.05) is 6.04 Å². The van der Waals surface area contributed by atoms with Crippen LogP contribution in [0.3, 0.4) is 0 Å². The van der Waals surface area contributed by atoms with Gasteiger partial charge in [-0.25, -0.2) is 13.1 Å². The highest BCUT2D eigenvalue weighted by molar-refractivity contribution is 7.89. The van der Waals surface area contributed by atoms with Crippen molar-refractivity contribution >= 4 is 10.0 Å². The molecule has 0 aliphatic carbocycles. The lowest BCUT2D eigenvalue weighted by molar-refractivity contribution is 0.443. The van der Waals surface area contributed by atoms with Gasteiger partial charge in [0.25, 0.3) is 0 Å². The zero-order chi connectivity index (χ0) is 12.2. The second kappa shape index (κ2) is 5.98. The fourth-order valence-corrected chi connectivity index (χ4v) is 3.59. The fourth-order valence-electron chi connectivity index (χ4n) is 1.93. The van der Waals surface area contributed by atoms with Crippen molar-refractivity contribution in [3.63, 3.8) is 0 Å². The molecule has 1 saturated heterocycles. The van der Waals surface area contributed by atoms with Crippen LogP contribution >= 0.6 is 0 Å². The molecule has 5 heteroatoms. The van der Waals surface area contributed by atoms with Crippen molar-refractivity contribution in [1.29, 1.82) is 0 Å². The van der Waals surface area contributed by atoms with E-state index in [1.54, 1.807) is 0 Å². The maximum Gasteiger partial charge on any atom is 0.211 e. The van der Waals surface area contributed by atoms with Gasteiger partial charge in [-0.1, -0.05) is 13.8 Å². The Labute approximate surface area is 99.2 Å². The van der Waals surface area contributed by atoms with Gasteiger partial charge >= 0.3 is 0 Å². The average molecular weight is 248 g/mol. The van der Waals surface area contributed by atoms with Gasteiger partial charge in [-0.2, -0.15) is 0 Å². The number of nitrogens with one attached hydrogen (secondary N) is 2. The molecule has 0 aromatic heterocycles. The summed E-state index contributed by atoms with van der Waals surface area (Å²) in [7, 11) is -3.09. The monoisotopic (exact) mass is 248 g/mol. The summed E-state index contributed by atoms with van der Waals surface area (Å²) < 4.78 is 26.3. The van der Waals surface area contributed by atoms with E-state index < -0.39 is 10.0 Å². The van der Waals surface area contributed by atoms with E-state index >= 15 is 0 Å². The molecule has 0 saturated carbocycles. The normalized spacial score (nSPS) is 23.9. The van der Waals surface area contributed by atoms with E-state index in [1.807, 2.05) is 20.8 Å². The number of sulfonamides is 1. The molecule has 2 unspecified atom stereocenters. The van der Waals surface area contributed by atoms with Crippen LogP contribution in [0, 0.1) is 11.8 Å². The van der Waals surface area contributed by atoms with Crippen LogP contribution < -0.4 is 10.0 Å². The Hall–Kier alpha value is -0.130. The van der Waals surface area contributed by atoms with E-state index in [-0.39, 0.29) is 11.8 Å². The van der Waals surface area contributed by atoms with Crippen molar-refractivity contribution in [2.45, 2.75) is 39.7 Å². The zero-order valence-electron chi connectivity index (χ0n) is 10.5. The Balaban J connectivity index is 2.38. The van der Waals surface area contributed by atoms with Crippen molar-refractivity contribution in [2.75, 3.05) is 18.8 Å². The summed E-state index contributed by atoms with van der Waals surface area (Å²) in [6.45, 7) is 7.97. The van der Waals surface area contributed by atoms with Crippen LogP contribution in [0.25, 0.3) is 0 Å². The summed E-state index contributed by atoms with van der Waals surface area (Å²) >= 11 is 0. The third kappa shape index (κ3) is 4.80. The van der Waals surface area contributed by atoms with Crippen molar-refractivity contribution in [2.24, 2.45) is 11.8 Å². The van der Waals surface area contributed by atoms with Gasteiger partial charge in [-0.3, -0.25) is 0 Å². The van der Waals surface area contributed by atoms with Gasteiger partial charge in [-0.15, -0.1) is 0 Å². The van der Waals surface area contributed by atoms with Crippen LogP contribution in [0.4, 0.5) is 0 Å². The first-order chi connectivity index (χ1) is 7.41. The standard InChI is InChI=1S/C11H24N2O2S/c1-9(2)5-7-16(14,15)13-10(3)11-4-6-12-8-11/h9-13H,4-8H2,1-3H3. The van der Waals surface area contributed by atoms with E-state index in [9.17, 15) is 8.42 Å². The third-order valence-electron chi connectivity index (χ3n) is 3.13. The molecule has 4 nitrogen and oxygen atoms in total. The largest absolute Gasteiger partial charge is 0.316 e. The molecule has 16 heavy (non-hydrogen) atoms. The summed E-state index contributed by atoms with van der Waals surface area (Å²) in [5.41, 5.74) is 0. The molecule has 1 rings (SSSR count). The van der Waals surface area contributed by atoms with Crippen molar-refractivity contribution in [3.8, 4) is 0 Å². The molecule has 0 amide bonds. The van der Waals surface area contributed by atoms with Crippen molar-refractivity contribution in [1.82, 2.24) is 10.0 Å². The Morgan fingerprint density at radius 2 is 2.06 bits per heavy atom. The van der Waals surface area contributed by atoms with Crippen LogP contribution in [-0.2, 0) is 10.0 Å². The van der Waals surface area contributed by atoms with Gasteiger partial charge < -0.3 is 5.32 Å². The summed E-state index contributed by atoms with van der Waals surface area (Å²) in [4.78, 5) is 0. The molecular weight excluding hydrogens is 224 g/mol. The molecule has 2 atom stereocenters. The Bertz CT molecular complexity index is 295. The third-order valence-corrected chi connectivity index (χ3v) is 4.64. The van der Waals surface area contributed by atoms with Crippen LogP contribution in [0.5, 0.6) is 0 Å². The van der Waals surface area contributed by atoms with Gasteiger partial charge in [-0.05, 0) is 44.7 Å². The number of rotatable bonds is 6. The molecule has 0 spiro atoms. The zero-order valence-corrected chi connectivity index (χ0v) is 11.3. The van der Waals surface area contributed by atoms with Crippen molar-refractivity contribution in [3.05, 3.63) is 0 Å². The lowest BCUT2D eigenvalue weighted by Gasteiger charge is -2.20. The van der Waals surface area contributed by atoms with Gasteiger partial charge in [0.05, 0.1) is 5.75 Å². The van der Waals surface area contributed by atoms with Gasteiger partial charge in [0.2, 0.25) is 10.0 Å². The SMILES string of the molecule is CC(C)CCS(=O)(=O)NC(C)C1CCNC1. The van der Waals surface area contributed by atoms with E-state index in [4.69, 9.17) is 0 Å². The molecule has 1 fully saturated rings. The molecule has 0 bridgehead atoms. The average Bonchev–Trinajstić information content (AvgIpc) is 2.67. The van der Waals surface area contributed by atoms with E-state index in [0.717, 1.165) is 25.9 Å². The Morgan fingerprint density at radius 1 is 1.38 bits per heavy atom. The Morgan fingerprint density at radius 3 is 2.56 bits per heavy atom. The smallest absolute Gasteiger partial charge is 0.211 e. The molecule has 1 aliphatic rings. The van der Waals surface area contributed by atoms with Crippen LogP contribution in [0.1, 0.15) is 33.6 Å². The molecule has 0 aromatic rings. The van der Waals surface area contributed by atoms with E-state index in [2.05, 4.69) is 10.0 Å². The molecule has 0 radical (unpaired) electrons. The highest BCUT2D eigenvalue weighted by atomic mass is 32.2. The molecular formula is C11H24N2O2S. The first kappa shape index (κ1) is 13.9. The highest BCUT2D eigenvalue weighted by Crippen LogP contribution is 2.13.